The lowest BCUT2D eigenvalue weighted by Gasteiger charge is -2.21. The Hall–Kier alpha value is -0.870. The molecule has 86 valence electrons. The SMILES string of the molecule is CCCCN(CCN)CCn1cccn1. The lowest BCUT2D eigenvalue weighted by atomic mass is 10.3. The van der Waals surface area contributed by atoms with Crippen LogP contribution in [-0.2, 0) is 6.54 Å². The molecule has 4 nitrogen and oxygen atoms in total. The van der Waals surface area contributed by atoms with Gasteiger partial charge in [-0.3, -0.25) is 4.68 Å². The van der Waals surface area contributed by atoms with E-state index in [1.165, 1.54) is 12.8 Å². The first-order chi connectivity index (χ1) is 7.36. The summed E-state index contributed by atoms with van der Waals surface area (Å²) in [5.74, 6) is 0. The van der Waals surface area contributed by atoms with Crippen molar-refractivity contribution in [1.82, 2.24) is 14.7 Å². The molecule has 0 saturated heterocycles. The molecular weight excluding hydrogens is 188 g/mol. The molecule has 0 spiro atoms. The average molecular weight is 210 g/mol. The van der Waals surface area contributed by atoms with E-state index in [-0.39, 0.29) is 0 Å². The molecule has 1 heterocycles. The number of nitrogens with zero attached hydrogens (tertiary/aromatic N) is 3. The Bertz CT molecular complexity index is 233. The Balaban J connectivity index is 2.24. The molecule has 1 aromatic rings. The van der Waals surface area contributed by atoms with Crippen molar-refractivity contribution in [2.45, 2.75) is 26.3 Å². The zero-order valence-electron chi connectivity index (χ0n) is 9.60. The highest BCUT2D eigenvalue weighted by molar-refractivity contribution is 4.77. The van der Waals surface area contributed by atoms with E-state index in [2.05, 4.69) is 16.9 Å². The van der Waals surface area contributed by atoms with Gasteiger partial charge in [-0.15, -0.1) is 0 Å². The Kier molecular flexibility index (Phi) is 6.04. The number of rotatable bonds is 8. The maximum absolute atomic E-state index is 5.59. The van der Waals surface area contributed by atoms with Crippen LogP contribution in [0.5, 0.6) is 0 Å². The van der Waals surface area contributed by atoms with Crippen molar-refractivity contribution in [3.63, 3.8) is 0 Å². The zero-order chi connectivity index (χ0) is 10.9. The van der Waals surface area contributed by atoms with E-state index >= 15 is 0 Å². The molecule has 0 saturated carbocycles. The maximum Gasteiger partial charge on any atom is 0.0536 e. The third-order valence-electron chi connectivity index (χ3n) is 2.48. The largest absolute Gasteiger partial charge is 0.329 e. The van der Waals surface area contributed by atoms with Crippen molar-refractivity contribution in [1.29, 1.82) is 0 Å². The summed E-state index contributed by atoms with van der Waals surface area (Å²) in [6.07, 6.45) is 6.31. The van der Waals surface area contributed by atoms with Gasteiger partial charge < -0.3 is 10.6 Å². The summed E-state index contributed by atoms with van der Waals surface area (Å²) in [5, 5.41) is 4.19. The fourth-order valence-corrected chi connectivity index (χ4v) is 1.58. The molecule has 4 heteroatoms. The quantitative estimate of drug-likeness (QED) is 0.695. The van der Waals surface area contributed by atoms with Crippen molar-refractivity contribution in [2.24, 2.45) is 5.73 Å². The fraction of sp³-hybridized carbons (Fsp3) is 0.727. The van der Waals surface area contributed by atoms with Crippen LogP contribution in [-0.4, -0.2) is 40.9 Å². The first-order valence-corrected chi connectivity index (χ1v) is 5.76. The van der Waals surface area contributed by atoms with Gasteiger partial charge in [0.05, 0.1) is 6.54 Å². The Morgan fingerprint density at radius 3 is 2.80 bits per heavy atom. The van der Waals surface area contributed by atoms with Crippen LogP contribution < -0.4 is 5.73 Å². The van der Waals surface area contributed by atoms with Crippen molar-refractivity contribution < 1.29 is 0 Å². The van der Waals surface area contributed by atoms with Gasteiger partial charge in [0.15, 0.2) is 0 Å². The van der Waals surface area contributed by atoms with Crippen LogP contribution in [0.15, 0.2) is 18.5 Å². The molecule has 0 aromatic carbocycles. The van der Waals surface area contributed by atoms with E-state index in [1.54, 1.807) is 0 Å². The molecule has 0 aliphatic heterocycles. The molecular formula is C11H22N4. The summed E-state index contributed by atoms with van der Waals surface area (Å²) in [7, 11) is 0. The van der Waals surface area contributed by atoms with E-state index < -0.39 is 0 Å². The molecule has 0 radical (unpaired) electrons. The Labute approximate surface area is 92.1 Å². The fourth-order valence-electron chi connectivity index (χ4n) is 1.58. The third kappa shape index (κ3) is 4.95. The smallest absolute Gasteiger partial charge is 0.0536 e. The number of nitrogens with two attached hydrogens (primary N) is 1. The van der Waals surface area contributed by atoms with Gasteiger partial charge in [0.1, 0.15) is 0 Å². The van der Waals surface area contributed by atoms with E-state index in [9.17, 15) is 0 Å². The van der Waals surface area contributed by atoms with Crippen molar-refractivity contribution in [3.05, 3.63) is 18.5 Å². The normalized spacial score (nSPS) is 11.1. The molecule has 1 rings (SSSR count). The predicted molar refractivity (Wildman–Crippen MR) is 62.6 cm³/mol. The minimum atomic E-state index is 0.739. The highest BCUT2D eigenvalue weighted by Gasteiger charge is 2.02. The molecule has 0 unspecified atom stereocenters. The van der Waals surface area contributed by atoms with Crippen LogP contribution in [0.25, 0.3) is 0 Å². The highest BCUT2D eigenvalue weighted by Crippen LogP contribution is 1.95. The second-order valence-electron chi connectivity index (χ2n) is 3.75. The topological polar surface area (TPSA) is 47.1 Å². The molecule has 2 N–H and O–H groups in total. The molecule has 0 aliphatic carbocycles. The molecule has 0 atom stereocenters. The van der Waals surface area contributed by atoms with E-state index in [4.69, 9.17) is 5.73 Å². The minimum Gasteiger partial charge on any atom is -0.329 e. The monoisotopic (exact) mass is 210 g/mol. The highest BCUT2D eigenvalue weighted by atomic mass is 15.3. The number of unbranched alkanes of at least 4 members (excludes halogenated alkanes) is 1. The van der Waals surface area contributed by atoms with E-state index in [0.717, 1.165) is 32.7 Å². The molecule has 0 aliphatic rings. The van der Waals surface area contributed by atoms with Crippen molar-refractivity contribution in [2.75, 3.05) is 26.2 Å². The average Bonchev–Trinajstić information content (AvgIpc) is 2.75. The van der Waals surface area contributed by atoms with Crippen LogP contribution in [0.3, 0.4) is 0 Å². The van der Waals surface area contributed by atoms with Crippen LogP contribution >= 0.6 is 0 Å². The second-order valence-corrected chi connectivity index (χ2v) is 3.75. The van der Waals surface area contributed by atoms with Crippen LogP contribution in [0, 0.1) is 0 Å². The minimum absolute atomic E-state index is 0.739. The lowest BCUT2D eigenvalue weighted by molar-refractivity contribution is 0.261. The standard InChI is InChI=1S/C11H22N4/c1-2-3-7-14(9-5-12)10-11-15-8-4-6-13-15/h4,6,8H,2-3,5,7,9-12H2,1H3. The Morgan fingerprint density at radius 2 is 2.20 bits per heavy atom. The molecule has 0 fully saturated rings. The van der Waals surface area contributed by atoms with Gasteiger partial charge in [-0.05, 0) is 19.0 Å². The lowest BCUT2D eigenvalue weighted by Crippen LogP contribution is -2.33. The van der Waals surface area contributed by atoms with Crippen molar-refractivity contribution >= 4 is 0 Å². The third-order valence-corrected chi connectivity index (χ3v) is 2.48. The Morgan fingerprint density at radius 1 is 1.33 bits per heavy atom. The number of hydrogen-bond donors (Lipinski definition) is 1. The van der Waals surface area contributed by atoms with Crippen molar-refractivity contribution in [3.8, 4) is 0 Å². The first kappa shape index (κ1) is 12.2. The van der Waals surface area contributed by atoms with Gasteiger partial charge >= 0.3 is 0 Å². The summed E-state index contributed by atoms with van der Waals surface area (Å²) >= 11 is 0. The van der Waals surface area contributed by atoms with E-state index in [1.807, 2.05) is 23.1 Å². The van der Waals surface area contributed by atoms with Crippen LogP contribution in [0.2, 0.25) is 0 Å². The summed E-state index contributed by atoms with van der Waals surface area (Å²) in [4.78, 5) is 2.41. The number of aromatic nitrogens is 2. The summed E-state index contributed by atoms with van der Waals surface area (Å²) in [6.45, 7) is 7.09. The van der Waals surface area contributed by atoms with Gasteiger partial charge in [-0.2, -0.15) is 5.10 Å². The van der Waals surface area contributed by atoms with E-state index in [0.29, 0.717) is 0 Å². The molecule has 15 heavy (non-hydrogen) atoms. The summed E-state index contributed by atoms with van der Waals surface area (Å²) in [5.41, 5.74) is 5.59. The van der Waals surface area contributed by atoms with Gasteiger partial charge in [0.2, 0.25) is 0 Å². The van der Waals surface area contributed by atoms with Gasteiger partial charge in [0, 0.05) is 32.0 Å². The van der Waals surface area contributed by atoms with Gasteiger partial charge in [-0.1, -0.05) is 13.3 Å². The summed E-state index contributed by atoms with van der Waals surface area (Å²) < 4.78 is 1.97. The summed E-state index contributed by atoms with van der Waals surface area (Å²) in [6, 6.07) is 1.96. The second kappa shape index (κ2) is 7.43. The maximum atomic E-state index is 5.59. The van der Waals surface area contributed by atoms with Crippen LogP contribution in [0.1, 0.15) is 19.8 Å². The van der Waals surface area contributed by atoms with Crippen LogP contribution in [0.4, 0.5) is 0 Å². The zero-order valence-corrected chi connectivity index (χ0v) is 9.60. The molecule has 0 amide bonds. The number of hydrogen-bond acceptors (Lipinski definition) is 3. The van der Waals surface area contributed by atoms with Gasteiger partial charge in [0.25, 0.3) is 0 Å². The van der Waals surface area contributed by atoms with Gasteiger partial charge in [-0.25, -0.2) is 0 Å². The molecule has 0 bridgehead atoms. The predicted octanol–water partition coefficient (Wildman–Crippen LogP) is 0.944. The first-order valence-electron chi connectivity index (χ1n) is 5.76. The molecule has 1 aromatic heterocycles.